The third kappa shape index (κ3) is 2.58. The highest BCUT2D eigenvalue weighted by atomic mass is 16.3. The van der Waals surface area contributed by atoms with E-state index in [2.05, 4.69) is 10.3 Å². The van der Waals surface area contributed by atoms with Crippen LogP contribution in [0.5, 0.6) is 5.75 Å². The molecular weight excluding hydrogens is 266 g/mol. The number of aromatic hydroxyl groups is 1. The summed E-state index contributed by atoms with van der Waals surface area (Å²) in [4.78, 5) is 15.9. The fourth-order valence-electron chi connectivity index (χ4n) is 2.43. The lowest BCUT2D eigenvalue weighted by Gasteiger charge is -2.06. The number of hydrogen-bond acceptors (Lipinski definition) is 3. The summed E-state index contributed by atoms with van der Waals surface area (Å²) in [6.45, 7) is 0. The zero-order chi connectivity index (χ0) is 14.8. The summed E-state index contributed by atoms with van der Waals surface area (Å²) in [5, 5.41) is 13.4. The van der Waals surface area contributed by atoms with E-state index in [1.807, 2.05) is 42.1 Å². The number of rotatable bonds is 3. The average molecular weight is 281 g/mol. The summed E-state index contributed by atoms with van der Waals surface area (Å²) in [5.41, 5.74) is 2.42. The van der Waals surface area contributed by atoms with E-state index in [9.17, 15) is 9.90 Å². The number of pyridine rings is 1. The smallest absolute Gasteiger partial charge is 0.228 e. The van der Waals surface area contributed by atoms with E-state index < -0.39 is 0 Å². The largest absolute Gasteiger partial charge is 0.504 e. The van der Waals surface area contributed by atoms with Gasteiger partial charge in [-0.15, -0.1) is 0 Å². The second kappa shape index (κ2) is 5.28. The number of carbonyl (C=O) groups is 1. The van der Waals surface area contributed by atoms with Crippen molar-refractivity contribution in [2.24, 2.45) is 7.05 Å². The second-order valence-corrected chi connectivity index (χ2v) is 4.90. The number of amides is 1. The molecule has 0 aliphatic carbocycles. The molecule has 106 valence electrons. The molecular formula is C16H15N3O2. The number of benzene rings is 1. The van der Waals surface area contributed by atoms with Crippen molar-refractivity contribution in [2.45, 2.75) is 6.42 Å². The normalized spacial score (nSPS) is 10.7. The van der Waals surface area contributed by atoms with Gasteiger partial charge in [0.15, 0.2) is 5.75 Å². The van der Waals surface area contributed by atoms with Crippen LogP contribution in [-0.4, -0.2) is 20.6 Å². The molecule has 2 aromatic heterocycles. The van der Waals surface area contributed by atoms with Crippen LogP contribution < -0.4 is 5.32 Å². The number of nitrogens with one attached hydrogen (secondary N) is 1. The number of aromatic nitrogens is 2. The van der Waals surface area contributed by atoms with Gasteiger partial charge < -0.3 is 15.0 Å². The Bertz CT molecular complexity index is 808. The minimum Gasteiger partial charge on any atom is -0.504 e. The number of hydrogen-bond donors (Lipinski definition) is 2. The van der Waals surface area contributed by atoms with Gasteiger partial charge in [-0.25, -0.2) is 0 Å². The van der Waals surface area contributed by atoms with Crippen molar-refractivity contribution < 1.29 is 9.90 Å². The van der Waals surface area contributed by atoms with Crippen LogP contribution in [0.25, 0.3) is 10.9 Å². The van der Waals surface area contributed by atoms with Crippen molar-refractivity contribution in [1.29, 1.82) is 0 Å². The highest BCUT2D eigenvalue weighted by Gasteiger charge is 2.11. The van der Waals surface area contributed by atoms with Crippen LogP contribution in [0.1, 0.15) is 5.56 Å². The predicted molar refractivity (Wildman–Crippen MR) is 81.2 cm³/mol. The van der Waals surface area contributed by atoms with Crippen molar-refractivity contribution in [3.63, 3.8) is 0 Å². The molecule has 0 bridgehead atoms. The molecule has 2 N–H and O–H groups in total. The summed E-state index contributed by atoms with van der Waals surface area (Å²) in [6.07, 6.45) is 5.03. The van der Waals surface area contributed by atoms with E-state index in [1.165, 1.54) is 12.4 Å². The fourth-order valence-corrected chi connectivity index (χ4v) is 2.43. The number of anilines is 1. The lowest BCUT2D eigenvalue weighted by atomic mass is 10.1. The van der Waals surface area contributed by atoms with Crippen LogP contribution in [0, 0.1) is 0 Å². The third-order valence-electron chi connectivity index (χ3n) is 3.40. The fraction of sp³-hybridized carbons (Fsp3) is 0.125. The molecule has 5 heteroatoms. The molecule has 0 atom stereocenters. The Morgan fingerprint density at radius 2 is 2.14 bits per heavy atom. The van der Waals surface area contributed by atoms with Gasteiger partial charge >= 0.3 is 0 Å². The molecule has 21 heavy (non-hydrogen) atoms. The molecule has 0 unspecified atom stereocenters. The first-order valence-electron chi connectivity index (χ1n) is 6.61. The molecule has 3 rings (SSSR count). The summed E-state index contributed by atoms with van der Waals surface area (Å²) < 4.78 is 2.00. The Hall–Kier alpha value is -2.82. The Morgan fingerprint density at radius 3 is 2.95 bits per heavy atom. The van der Waals surface area contributed by atoms with Crippen LogP contribution in [0.2, 0.25) is 0 Å². The van der Waals surface area contributed by atoms with E-state index in [0.717, 1.165) is 16.5 Å². The van der Waals surface area contributed by atoms with Crippen LogP contribution in [0.15, 0.2) is 48.9 Å². The van der Waals surface area contributed by atoms with Gasteiger partial charge in [0.05, 0.1) is 18.3 Å². The van der Waals surface area contributed by atoms with Crippen LogP contribution in [-0.2, 0) is 18.3 Å². The van der Waals surface area contributed by atoms with Gasteiger partial charge in [-0.3, -0.25) is 9.78 Å². The zero-order valence-corrected chi connectivity index (χ0v) is 11.6. The highest BCUT2D eigenvalue weighted by Crippen LogP contribution is 2.23. The topological polar surface area (TPSA) is 67.2 Å². The van der Waals surface area contributed by atoms with E-state index >= 15 is 0 Å². The standard InChI is InChI=1S/C16H15N3O2/c1-19-10-11(12-4-2-3-5-14(12)19)8-16(21)18-13-6-7-17-9-15(13)20/h2-7,9-10,20H,8H2,1H3,(H,17,18,21). The Labute approximate surface area is 121 Å². The monoisotopic (exact) mass is 281 g/mol. The van der Waals surface area contributed by atoms with Gasteiger partial charge in [0, 0.05) is 30.3 Å². The minimum absolute atomic E-state index is 0.0382. The molecule has 0 saturated heterocycles. The summed E-state index contributed by atoms with van der Waals surface area (Å²) in [5.74, 6) is -0.211. The molecule has 0 spiro atoms. The molecule has 0 radical (unpaired) electrons. The Kier molecular flexibility index (Phi) is 3.31. The van der Waals surface area contributed by atoms with E-state index in [0.29, 0.717) is 5.69 Å². The average Bonchev–Trinajstić information content (AvgIpc) is 2.79. The molecule has 0 aliphatic heterocycles. The van der Waals surface area contributed by atoms with Crippen molar-refractivity contribution in [2.75, 3.05) is 5.32 Å². The van der Waals surface area contributed by atoms with E-state index in [4.69, 9.17) is 0 Å². The first-order chi connectivity index (χ1) is 10.1. The van der Waals surface area contributed by atoms with Crippen LogP contribution in [0.4, 0.5) is 5.69 Å². The lowest BCUT2D eigenvalue weighted by molar-refractivity contribution is -0.115. The number of fused-ring (bicyclic) bond motifs is 1. The summed E-state index contributed by atoms with van der Waals surface area (Å²) >= 11 is 0. The number of para-hydroxylation sites is 1. The maximum Gasteiger partial charge on any atom is 0.228 e. The summed E-state index contributed by atoms with van der Waals surface area (Å²) in [7, 11) is 1.96. The van der Waals surface area contributed by atoms with Gasteiger partial charge in [0.1, 0.15) is 0 Å². The van der Waals surface area contributed by atoms with Crippen molar-refractivity contribution in [3.8, 4) is 5.75 Å². The first kappa shape index (κ1) is 13.2. The highest BCUT2D eigenvalue weighted by molar-refractivity contribution is 5.96. The molecule has 5 nitrogen and oxygen atoms in total. The van der Waals surface area contributed by atoms with Gasteiger partial charge in [-0.05, 0) is 17.7 Å². The predicted octanol–water partition coefficient (Wildman–Crippen LogP) is 2.46. The molecule has 1 amide bonds. The van der Waals surface area contributed by atoms with E-state index in [1.54, 1.807) is 6.07 Å². The maximum absolute atomic E-state index is 12.1. The Balaban J connectivity index is 1.82. The Morgan fingerprint density at radius 1 is 1.33 bits per heavy atom. The molecule has 0 aliphatic rings. The molecule has 0 fully saturated rings. The minimum atomic E-state index is -0.173. The van der Waals surface area contributed by atoms with Crippen molar-refractivity contribution in [3.05, 3.63) is 54.5 Å². The van der Waals surface area contributed by atoms with Gasteiger partial charge in [0.25, 0.3) is 0 Å². The third-order valence-corrected chi connectivity index (χ3v) is 3.40. The van der Waals surface area contributed by atoms with Crippen LogP contribution in [0.3, 0.4) is 0 Å². The van der Waals surface area contributed by atoms with Gasteiger partial charge in [-0.1, -0.05) is 18.2 Å². The molecule has 3 aromatic rings. The quantitative estimate of drug-likeness (QED) is 0.775. The van der Waals surface area contributed by atoms with Crippen LogP contribution >= 0.6 is 0 Å². The van der Waals surface area contributed by atoms with Gasteiger partial charge in [-0.2, -0.15) is 0 Å². The summed E-state index contributed by atoms with van der Waals surface area (Å²) in [6, 6.07) is 9.52. The number of nitrogens with zero attached hydrogens (tertiary/aromatic N) is 2. The molecule has 1 aromatic carbocycles. The zero-order valence-electron chi connectivity index (χ0n) is 11.6. The maximum atomic E-state index is 12.1. The SMILES string of the molecule is Cn1cc(CC(=O)Nc2ccncc2O)c2ccccc21. The second-order valence-electron chi connectivity index (χ2n) is 4.90. The van der Waals surface area contributed by atoms with Crippen molar-refractivity contribution >= 4 is 22.5 Å². The molecule has 2 heterocycles. The van der Waals surface area contributed by atoms with Gasteiger partial charge in [0.2, 0.25) is 5.91 Å². The lowest BCUT2D eigenvalue weighted by Crippen LogP contribution is -2.14. The number of carbonyl (C=O) groups excluding carboxylic acids is 1. The first-order valence-corrected chi connectivity index (χ1v) is 6.61. The van der Waals surface area contributed by atoms with Crippen molar-refractivity contribution in [1.82, 2.24) is 9.55 Å². The van der Waals surface area contributed by atoms with E-state index in [-0.39, 0.29) is 18.1 Å². The number of aryl methyl sites for hydroxylation is 1. The molecule has 0 saturated carbocycles.